The topological polar surface area (TPSA) is 59.4 Å². The van der Waals surface area contributed by atoms with E-state index in [9.17, 15) is 4.39 Å². The molecule has 114 valence electrons. The van der Waals surface area contributed by atoms with Crippen molar-refractivity contribution in [2.45, 2.75) is 26.3 Å². The lowest BCUT2D eigenvalue weighted by molar-refractivity contribution is 0.623. The molecular formula is C15H15ClFN5. The van der Waals surface area contributed by atoms with Crippen LogP contribution in [0.15, 0.2) is 30.5 Å². The molecule has 0 fully saturated rings. The van der Waals surface area contributed by atoms with Gasteiger partial charge in [-0.3, -0.25) is 5.10 Å². The van der Waals surface area contributed by atoms with E-state index in [1.807, 2.05) is 38.1 Å². The molecule has 3 aromatic rings. The summed E-state index contributed by atoms with van der Waals surface area (Å²) in [6, 6.07) is 7.44. The Morgan fingerprint density at radius 1 is 1.27 bits per heavy atom. The van der Waals surface area contributed by atoms with Crippen molar-refractivity contribution >= 4 is 11.6 Å². The average molecular weight is 320 g/mol. The first kappa shape index (κ1) is 14.7. The van der Waals surface area contributed by atoms with Crippen LogP contribution in [0.2, 0.25) is 5.02 Å². The summed E-state index contributed by atoms with van der Waals surface area (Å²) in [7, 11) is 0. The molecule has 7 heteroatoms. The van der Waals surface area contributed by atoms with Gasteiger partial charge in [-0.05, 0) is 17.7 Å². The van der Waals surface area contributed by atoms with Crippen LogP contribution in [0.3, 0.4) is 0 Å². The van der Waals surface area contributed by atoms with Gasteiger partial charge in [0.2, 0.25) is 0 Å². The molecule has 0 bridgehead atoms. The van der Waals surface area contributed by atoms with E-state index in [2.05, 4.69) is 20.3 Å². The molecule has 3 rings (SSSR count). The van der Waals surface area contributed by atoms with E-state index in [0.717, 1.165) is 11.8 Å². The van der Waals surface area contributed by atoms with Crippen molar-refractivity contribution < 1.29 is 4.39 Å². The third-order valence-corrected chi connectivity index (χ3v) is 3.52. The number of hydrogen-bond acceptors (Lipinski definition) is 3. The van der Waals surface area contributed by atoms with Gasteiger partial charge < -0.3 is 0 Å². The van der Waals surface area contributed by atoms with E-state index < -0.39 is 5.82 Å². The maximum atomic E-state index is 13.8. The molecular weight excluding hydrogens is 305 g/mol. The van der Waals surface area contributed by atoms with Crippen molar-refractivity contribution in [2.24, 2.45) is 0 Å². The minimum atomic E-state index is -0.444. The summed E-state index contributed by atoms with van der Waals surface area (Å²) in [6.07, 6.45) is 1.13. The highest BCUT2D eigenvalue weighted by molar-refractivity contribution is 6.30. The van der Waals surface area contributed by atoms with Crippen molar-refractivity contribution in [2.75, 3.05) is 0 Å². The van der Waals surface area contributed by atoms with Crippen molar-refractivity contribution in [3.63, 3.8) is 0 Å². The van der Waals surface area contributed by atoms with Gasteiger partial charge in [-0.15, -0.1) is 0 Å². The van der Waals surface area contributed by atoms with Crippen LogP contribution in [0, 0.1) is 5.82 Å². The first-order valence-electron chi connectivity index (χ1n) is 6.93. The number of halogens is 2. The molecule has 0 amide bonds. The highest BCUT2D eigenvalue weighted by Gasteiger charge is 2.18. The summed E-state index contributed by atoms with van der Waals surface area (Å²) in [5.41, 5.74) is 1.25. The van der Waals surface area contributed by atoms with Crippen LogP contribution >= 0.6 is 11.6 Å². The molecule has 0 aliphatic carbocycles. The molecule has 2 aromatic heterocycles. The Morgan fingerprint density at radius 3 is 2.59 bits per heavy atom. The molecule has 0 spiro atoms. The number of benzene rings is 1. The number of aromatic amines is 1. The fourth-order valence-corrected chi connectivity index (χ4v) is 2.22. The molecule has 0 saturated carbocycles. The molecule has 5 nitrogen and oxygen atoms in total. The van der Waals surface area contributed by atoms with E-state index in [4.69, 9.17) is 11.6 Å². The van der Waals surface area contributed by atoms with Crippen molar-refractivity contribution in [1.29, 1.82) is 0 Å². The minimum absolute atomic E-state index is 0.149. The third kappa shape index (κ3) is 2.87. The second-order valence-corrected chi connectivity index (χ2v) is 5.76. The Balaban J connectivity index is 2.02. The van der Waals surface area contributed by atoms with Crippen molar-refractivity contribution in [3.8, 4) is 11.5 Å². The summed E-state index contributed by atoms with van der Waals surface area (Å²) in [6.45, 7) is 4.47. The standard InChI is InChI=1S/C15H15ClFN5/c1-9(2)14-19-15(13-12(17)7-18-20-13)22(21-14)8-10-3-5-11(16)6-4-10/h3-7,9H,8H2,1-2H3,(H,18,20). The number of hydrogen-bond donors (Lipinski definition) is 1. The number of aromatic nitrogens is 5. The molecule has 22 heavy (non-hydrogen) atoms. The van der Waals surface area contributed by atoms with Crippen LogP contribution in [0.4, 0.5) is 4.39 Å². The maximum Gasteiger partial charge on any atom is 0.179 e. The lowest BCUT2D eigenvalue weighted by atomic mass is 10.2. The van der Waals surface area contributed by atoms with Crippen LogP contribution < -0.4 is 0 Å². The van der Waals surface area contributed by atoms with Crippen LogP contribution in [0.1, 0.15) is 31.2 Å². The zero-order chi connectivity index (χ0) is 15.7. The minimum Gasteiger partial charge on any atom is -0.272 e. The molecule has 0 aliphatic heterocycles. The van der Waals surface area contributed by atoms with E-state index in [1.54, 1.807) is 4.68 Å². The predicted molar refractivity (Wildman–Crippen MR) is 82.2 cm³/mol. The third-order valence-electron chi connectivity index (χ3n) is 3.27. The first-order chi connectivity index (χ1) is 10.5. The molecule has 0 radical (unpaired) electrons. The Morgan fingerprint density at radius 2 is 2.00 bits per heavy atom. The lowest BCUT2D eigenvalue weighted by Crippen LogP contribution is -2.05. The first-order valence-corrected chi connectivity index (χ1v) is 7.31. The zero-order valence-electron chi connectivity index (χ0n) is 12.2. The van der Waals surface area contributed by atoms with Crippen molar-refractivity contribution in [1.82, 2.24) is 25.0 Å². The summed E-state index contributed by atoms with van der Waals surface area (Å²) < 4.78 is 15.5. The fraction of sp³-hybridized carbons (Fsp3) is 0.267. The highest BCUT2D eigenvalue weighted by Crippen LogP contribution is 2.22. The van der Waals surface area contributed by atoms with Gasteiger partial charge >= 0.3 is 0 Å². The number of nitrogens with zero attached hydrogens (tertiary/aromatic N) is 4. The van der Waals surface area contributed by atoms with Gasteiger partial charge in [0.05, 0.1) is 12.7 Å². The SMILES string of the molecule is CC(C)c1nc(-c2[nH]ncc2F)n(Cc2ccc(Cl)cc2)n1. The predicted octanol–water partition coefficient (Wildman–Crippen LogP) is 3.63. The molecule has 1 aromatic carbocycles. The maximum absolute atomic E-state index is 13.8. The van der Waals surface area contributed by atoms with Crippen LogP contribution in [-0.4, -0.2) is 25.0 Å². The quantitative estimate of drug-likeness (QED) is 0.798. The molecule has 1 N–H and O–H groups in total. The van der Waals surface area contributed by atoms with E-state index >= 15 is 0 Å². The number of H-pyrrole nitrogens is 1. The smallest absolute Gasteiger partial charge is 0.179 e. The van der Waals surface area contributed by atoms with Gasteiger partial charge in [0.25, 0.3) is 0 Å². The monoisotopic (exact) mass is 319 g/mol. The summed E-state index contributed by atoms with van der Waals surface area (Å²) in [5, 5.41) is 11.5. The van der Waals surface area contributed by atoms with Gasteiger partial charge in [0, 0.05) is 10.9 Å². The van der Waals surface area contributed by atoms with Crippen LogP contribution in [0.25, 0.3) is 11.5 Å². The fourth-order valence-electron chi connectivity index (χ4n) is 2.09. The summed E-state index contributed by atoms with van der Waals surface area (Å²) >= 11 is 5.90. The second-order valence-electron chi connectivity index (χ2n) is 5.33. The van der Waals surface area contributed by atoms with Gasteiger partial charge in [-0.1, -0.05) is 37.6 Å². The van der Waals surface area contributed by atoms with Gasteiger partial charge in [-0.2, -0.15) is 10.2 Å². The number of nitrogens with one attached hydrogen (secondary N) is 1. The summed E-state index contributed by atoms with van der Waals surface area (Å²) in [4.78, 5) is 4.44. The average Bonchev–Trinajstić information content (AvgIpc) is 3.07. The second kappa shape index (κ2) is 5.88. The lowest BCUT2D eigenvalue weighted by Gasteiger charge is -2.05. The highest BCUT2D eigenvalue weighted by atomic mass is 35.5. The number of rotatable bonds is 4. The molecule has 0 atom stereocenters. The van der Waals surface area contributed by atoms with E-state index in [-0.39, 0.29) is 11.6 Å². The normalized spacial score (nSPS) is 11.3. The van der Waals surface area contributed by atoms with Crippen LogP contribution in [0.5, 0.6) is 0 Å². The molecule has 2 heterocycles. The Bertz CT molecular complexity index is 776. The van der Waals surface area contributed by atoms with Gasteiger partial charge in [-0.25, -0.2) is 14.1 Å². The Labute approximate surface area is 132 Å². The van der Waals surface area contributed by atoms with Gasteiger partial charge in [0.1, 0.15) is 5.69 Å². The molecule has 0 aliphatic rings. The van der Waals surface area contributed by atoms with Crippen molar-refractivity contribution in [3.05, 3.63) is 52.7 Å². The molecule has 0 unspecified atom stereocenters. The molecule has 0 saturated heterocycles. The zero-order valence-corrected chi connectivity index (χ0v) is 13.0. The van der Waals surface area contributed by atoms with E-state index in [0.29, 0.717) is 23.2 Å². The Kier molecular flexibility index (Phi) is 3.94. The van der Waals surface area contributed by atoms with Crippen LogP contribution in [-0.2, 0) is 6.54 Å². The summed E-state index contributed by atoms with van der Waals surface area (Å²) in [5.74, 6) is 0.808. The van der Waals surface area contributed by atoms with Gasteiger partial charge in [0.15, 0.2) is 17.5 Å². The Hall–Kier alpha value is -2.21. The van der Waals surface area contributed by atoms with E-state index in [1.165, 1.54) is 0 Å². The largest absolute Gasteiger partial charge is 0.272 e.